The number of rotatable bonds is 5. The molecule has 1 N–H and O–H groups in total. The summed E-state index contributed by atoms with van der Waals surface area (Å²) in [7, 11) is -3.32. The van der Waals surface area contributed by atoms with Crippen molar-refractivity contribution in [1.82, 2.24) is 14.4 Å². The van der Waals surface area contributed by atoms with Gasteiger partial charge in [-0.05, 0) is 29.8 Å². The molecule has 0 saturated heterocycles. The Morgan fingerprint density at radius 1 is 1.24 bits per heavy atom. The summed E-state index contributed by atoms with van der Waals surface area (Å²) in [5.41, 5.74) is 3.34. The zero-order chi connectivity index (χ0) is 23.2. The first-order chi connectivity index (χ1) is 15.8. The number of hydrogen-bond donors (Lipinski definition) is 1. The predicted molar refractivity (Wildman–Crippen MR) is 119 cm³/mol. The van der Waals surface area contributed by atoms with E-state index in [-0.39, 0.29) is 23.0 Å². The second-order valence-corrected chi connectivity index (χ2v) is 9.69. The fraction of sp³-hybridized carbons (Fsp3) is 0.174. The zero-order valence-corrected chi connectivity index (χ0v) is 18.4. The van der Waals surface area contributed by atoms with Gasteiger partial charge in [0.1, 0.15) is 17.6 Å². The number of nitrogens with one attached hydrogen (secondary N) is 1. The molecule has 0 saturated carbocycles. The number of sulfone groups is 1. The summed E-state index contributed by atoms with van der Waals surface area (Å²) in [6.45, 7) is 0.705. The maximum atomic E-state index is 14.5. The first-order valence-corrected chi connectivity index (χ1v) is 12.0. The average Bonchev–Trinajstić information content (AvgIpc) is 3.45. The van der Waals surface area contributed by atoms with Gasteiger partial charge in [0.2, 0.25) is 5.95 Å². The second-order valence-electron chi connectivity index (χ2n) is 7.68. The third kappa shape index (κ3) is 3.76. The van der Waals surface area contributed by atoms with Crippen molar-refractivity contribution in [3.8, 4) is 22.9 Å². The minimum absolute atomic E-state index is 0.183. The van der Waals surface area contributed by atoms with Gasteiger partial charge in [-0.2, -0.15) is 5.26 Å². The first kappa shape index (κ1) is 20.9. The Bertz CT molecular complexity index is 1540. The smallest absolute Gasteiger partial charge is 0.208 e. The van der Waals surface area contributed by atoms with Gasteiger partial charge in [0.25, 0.3) is 0 Å². The van der Waals surface area contributed by atoms with Crippen molar-refractivity contribution in [3.05, 3.63) is 71.4 Å². The number of nitrogens with zero attached hydrogens (tertiary/aromatic N) is 4. The van der Waals surface area contributed by atoms with Gasteiger partial charge in [0, 0.05) is 42.1 Å². The minimum Gasteiger partial charge on any atom is -0.493 e. The molecule has 0 amide bonds. The first-order valence-electron chi connectivity index (χ1n) is 10.1. The lowest BCUT2D eigenvalue weighted by Crippen LogP contribution is -2.09. The molecule has 0 unspecified atom stereocenters. The summed E-state index contributed by atoms with van der Waals surface area (Å²) in [5.74, 6) is 0.758. The van der Waals surface area contributed by atoms with E-state index in [1.165, 1.54) is 18.2 Å². The third-order valence-corrected chi connectivity index (χ3v) is 6.69. The Morgan fingerprint density at radius 3 is 2.76 bits per heavy atom. The Balaban J connectivity index is 1.53. The van der Waals surface area contributed by atoms with Crippen LogP contribution >= 0.6 is 0 Å². The molecule has 166 valence electrons. The summed E-state index contributed by atoms with van der Waals surface area (Å²) in [6.07, 6.45) is 4.93. The molecule has 0 bridgehead atoms. The molecule has 0 radical (unpaired) electrons. The van der Waals surface area contributed by atoms with Crippen LogP contribution in [0.5, 0.6) is 5.75 Å². The number of benzene rings is 2. The summed E-state index contributed by atoms with van der Waals surface area (Å²) in [6, 6.07) is 11.4. The van der Waals surface area contributed by atoms with Gasteiger partial charge in [0.05, 0.1) is 17.7 Å². The highest BCUT2D eigenvalue weighted by Gasteiger charge is 2.20. The fourth-order valence-electron chi connectivity index (χ4n) is 3.92. The van der Waals surface area contributed by atoms with E-state index < -0.39 is 9.84 Å². The van der Waals surface area contributed by atoms with E-state index in [9.17, 15) is 18.1 Å². The summed E-state index contributed by atoms with van der Waals surface area (Å²) in [5, 5.41) is 12.5. The highest BCUT2D eigenvalue weighted by molar-refractivity contribution is 7.90. The number of nitriles is 1. The van der Waals surface area contributed by atoms with Crippen molar-refractivity contribution in [2.24, 2.45) is 0 Å². The molecule has 2 aromatic carbocycles. The minimum atomic E-state index is -3.32. The number of imidazole rings is 1. The van der Waals surface area contributed by atoms with Gasteiger partial charge >= 0.3 is 0 Å². The van der Waals surface area contributed by atoms with Crippen LogP contribution in [0.1, 0.15) is 16.8 Å². The van der Waals surface area contributed by atoms with Crippen LogP contribution in [0.15, 0.2) is 53.7 Å². The maximum Gasteiger partial charge on any atom is 0.208 e. The Morgan fingerprint density at radius 2 is 2.03 bits per heavy atom. The van der Waals surface area contributed by atoms with Crippen LogP contribution in [-0.4, -0.2) is 35.6 Å². The second kappa shape index (κ2) is 7.86. The highest BCUT2D eigenvalue weighted by Crippen LogP contribution is 2.31. The van der Waals surface area contributed by atoms with Gasteiger partial charge in [-0.15, -0.1) is 0 Å². The van der Waals surface area contributed by atoms with Crippen LogP contribution < -0.4 is 10.1 Å². The molecule has 1 aliphatic rings. The topological polar surface area (TPSA) is 109 Å². The summed E-state index contributed by atoms with van der Waals surface area (Å²) >= 11 is 0. The van der Waals surface area contributed by atoms with Gasteiger partial charge < -0.3 is 10.1 Å². The number of hydrogen-bond acceptors (Lipinski definition) is 7. The quantitative estimate of drug-likeness (QED) is 0.483. The number of ether oxygens (including phenoxy) is 1. The summed E-state index contributed by atoms with van der Waals surface area (Å²) < 4.78 is 45.2. The normalized spacial score (nSPS) is 12.9. The SMILES string of the molecule is CS(=O)(=O)c1ccc(-c2cnc(NCc3c(F)ccc4c3CCO4)n3cc(C#N)nc23)cc1. The standard InChI is InChI=1S/C23H18FN5O3S/c1-33(30,31)16-4-2-14(3-5-16)18-11-26-23(29-13-15(10-25)28-22(18)29)27-12-19-17-8-9-32-21(17)7-6-20(19)24/h2-7,11,13H,8-9,12H2,1H3,(H,26,27). The van der Waals surface area contributed by atoms with Crippen molar-refractivity contribution in [1.29, 1.82) is 5.26 Å². The molecule has 5 rings (SSSR count). The van der Waals surface area contributed by atoms with Crippen molar-refractivity contribution < 1.29 is 17.5 Å². The fourth-order valence-corrected chi connectivity index (χ4v) is 4.55. The lowest BCUT2D eigenvalue weighted by molar-refractivity contribution is 0.356. The number of fused-ring (bicyclic) bond motifs is 2. The Labute approximate surface area is 189 Å². The lowest BCUT2D eigenvalue weighted by atomic mass is 10.0. The molecule has 0 spiro atoms. The van der Waals surface area contributed by atoms with E-state index in [0.717, 1.165) is 11.8 Å². The van der Waals surface area contributed by atoms with Crippen molar-refractivity contribution in [2.45, 2.75) is 17.9 Å². The van der Waals surface area contributed by atoms with Crippen molar-refractivity contribution >= 4 is 21.4 Å². The molecular weight excluding hydrogens is 445 g/mol. The van der Waals surface area contributed by atoms with Gasteiger partial charge in [-0.3, -0.25) is 4.40 Å². The van der Waals surface area contributed by atoms with Crippen LogP contribution in [0.2, 0.25) is 0 Å². The molecule has 0 aliphatic carbocycles. The molecule has 8 nitrogen and oxygen atoms in total. The molecule has 3 heterocycles. The van der Waals surface area contributed by atoms with Gasteiger partial charge in [-0.25, -0.2) is 22.8 Å². The van der Waals surface area contributed by atoms with E-state index >= 15 is 0 Å². The molecule has 4 aromatic rings. The third-order valence-electron chi connectivity index (χ3n) is 5.56. The molecule has 0 atom stereocenters. The largest absolute Gasteiger partial charge is 0.493 e. The number of anilines is 1. The molecule has 2 aromatic heterocycles. The molecule has 33 heavy (non-hydrogen) atoms. The lowest BCUT2D eigenvalue weighted by Gasteiger charge is -2.13. The molecule has 1 aliphatic heterocycles. The maximum absolute atomic E-state index is 14.5. The Hall–Kier alpha value is -3.97. The molecular formula is C23H18FN5O3S. The van der Waals surface area contributed by atoms with Crippen LogP contribution in [0.4, 0.5) is 10.3 Å². The van der Waals surface area contributed by atoms with E-state index in [4.69, 9.17) is 4.74 Å². The van der Waals surface area contributed by atoms with E-state index in [0.29, 0.717) is 47.1 Å². The Kier molecular flexibility index (Phi) is 4.98. The van der Waals surface area contributed by atoms with Crippen LogP contribution in [0, 0.1) is 17.1 Å². The van der Waals surface area contributed by atoms with Crippen LogP contribution in [-0.2, 0) is 22.8 Å². The molecule has 0 fully saturated rings. The van der Waals surface area contributed by atoms with Crippen LogP contribution in [0.25, 0.3) is 16.8 Å². The zero-order valence-electron chi connectivity index (χ0n) is 17.5. The van der Waals surface area contributed by atoms with E-state index in [1.807, 2.05) is 6.07 Å². The molecule has 10 heteroatoms. The van der Waals surface area contributed by atoms with Crippen LogP contribution in [0.3, 0.4) is 0 Å². The van der Waals surface area contributed by atoms with Gasteiger partial charge in [-0.1, -0.05) is 12.1 Å². The van der Waals surface area contributed by atoms with E-state index in [1.54, 1.807) is 35.0 Å². The summed E-state index contributed by atoms with van der Waals surface area (Å²) in [4.78, 5) is 9.05. The van der Waals surface area contributed by atoms with E-state index in [2.05, 4.69) is 15.3 Å². The highest BCUT2D eigenvalue weighted by atomic mass is 32.2. The predicted octanol–water partition coefficient (Wildman–Crippen LogP) is 3.36. The number of aromatic nitrogens is 3. The monoisotopic (exact) mass is 463 g/mol. The average molecular weight is 463 g/mol. The van der Waals surface area contributed by atoms with Gasteiger partial charge in [0.15, 0.2) is 21.2 Å². The van der Waals surface area contributed by atoms with Crippen molar-refractivity contribution in [2.75, 3.05) is 18.2 Å². The van der Waals surface area contributed by atoms with Crippen molar-refractivity contribution in [3.63, 3.8) is 0 Å². The number of halogens is 1.